The van der Waals surface area contributed by atoms with E-state index < -0.39 is 12.0 Å². The van der Waals surface area contributed by atoms with E-state index in [1.807, 2.05) is 42.5 Å². The lowest BCUT2D eigenvalue weighted by molar-refractivity contribution is -0.139. The van der Waals surface area contributed by atoms with Gasteiger partial charge in [0.1, 0.15) is 5.75 Å². The number of amides is 1. The Balaban J connectivity index is 1.42. The molecule has 3 aromatic rings. The highest BCUT2D eigenvalue weighted by atomic mass is 32.1. The Morgan fingerprint density at radius 1 is 1.10 bits per heavy atom. The molecule has 0 saturated carbocycles. The van der Waals surface area contributed by atoms with Crippen molar-refractivity contribution in [2.45, 2.75) is 19.9 Å². The Labute approximate surface area is 229 Å². The monoisotopic (exact) mass is 547 g/mol. The number of esters is 1. The molecule has 9 nitrogen and oxygen atoms in total. The van der Waals surface area contributed by atoms with Gasteiger partial charge in [-0.2, -0.15) is 0 Å². The van der Waals surface area contributed by atoms with Crippen LogP contribution in [0.15, 0.2) is 75.7 Å². The molecule has 0 bridgehead atoms. The van der Waals surface area contributed by atoms with Crippen molar-refractivity contribution in [2.75, 3.05) is 39.5 Å². The average Bonchev–Trinajstić information content (AvgIpc) is 3.26. The summed E-state index contributed by atoms with van der Waals surface area (Å²) in [5.41, 5.74) is 2.25. The molecule has 0 spiro atoms. The van der Waals surface area contributed by atoms with Gasteiger partial charge in [-0.15, -0.1) is 0 Å². The molecule has 0 unspecified atom stereocenters. The first-order valence-electron chi connectivity index (χ1n) is 12.8. The van der Waals surface area contributed by atoms with E-state index in [1.165, 1.54) is 11.3 Å². The van der Waals surface area contributed by atoms with Gasteiger partial charge in [-0.25, -0.2) is 9.79 Å². The number of nitrogens with zero attached hydrogens (tertiary/aromatic N) is 3. The first-order chi connectivity index (χ1) is 19.0. The van der Waals surface area contributed by atoms with Crippen molar-refractivity contribution in [2.24, 2.45) is 4.99 Å². The van der Waals surface area contributed by atoms with Crippen molar-refractivity contribution < 1.29 is 23.8 Å². The number of carbonyl (C=O) groups excluding carboxylic acids is 2. The van der Waals surface area contributed by atoms with Gasteiger partial charge in [0.25, 0.3) is 11.5 Å². The molecule has 1 amide bonds. The summed E-state index contributed by atoms with van der Waals surface area (Å²) in [5, 5.41) is 0. The van der Waals surface area contributed by atoms with Crippen LogP contribution >= 0.6 is 11.3 Å². The van der Waals surface area contributed by atoms with E-state index in [9.17, 15) is 14.4 Å². The maximum Gasteiger partial charge on any atom is 0.338 e. The largest absolute Gasteiger partial charge is 0.484 e. The number of thiazole rings is 1. The molecular formula is C29H29N3O6S. The summed E-state index contributed by atoms with van der Waals surface area (Å²) in [6.07, 6.45) is 1.79. The van der Waals surface area contributed by atoms with Crippen LogP contribution in [0.4, 0.5) is 0 Å². The van der Waals surface area contributed by atoms with E-state index in [-0.39, 0.29) is 24.7 Å². The van der Waals surface area contributed by atoms with Gasteiger partial charge in [-0.05, 0) is 43.2 Å². The van der Waals surface area contributed by atoms with Crippen molar-refractivity contribution in [3.8, 4) is 5.75 Å². The molecule has 5 rings (SSSR count). The highest BCUT2D eigenvalue weighted by Gasteiger charge is 2.33. The van der Waals surface area contributed by atoms with Gasteiger partial charge in [0.05, 0.1) is 41.7 Å². The zero-order valence-corrected chi connectivity index (χ0v) is 22.6. The third-order valence-corrected chi connectivity index (χ3v) is 7.52. The maximum absolute atomic E-state index is 13.7. The molecule has 3 heterocycles. The van der Waals surface area contributed by atoms with Crippen LogP contribution in [0.25, 0.3) is 6.08 Å². The van der Waals surface area contributed by atoms with Gasteiger partial charge in [0.2, 0.25) is 0 Å². The van der Waals surface area contributed by atoms with Gasteiger partial charge in [0, 0.05) is 13.1 Å². The second-order valence-corrected chi connectivity index (χ2v) is 10.1. The van der Waals surface area contributed by atoms with E-state index in [0.29, 0.717) is 52.7 Å². The van der Waals surface area contributed by atoms with E-state index >= 15 is 0 Å². The fraction of sp³-hybridized carbons (Fsp3) is 0.310. The minimum Gasteiger partial charge on any atom is -0.484 e. The first-order valence-corrected chi connectivity index (χ1v) is 13.6. The maximum atomic E-state index is 13.7. The highest BCUT2D eigenvalue weighted by molar-refractivity contribution is 7.07. The molecule has 0 radical (unpaired) electrons. The van der Waals surface area contributed by atoms with Crippen LogP contribution in [-0.4, -0.2) is 60.9 Å². The van der Waals surface area contributed by atoms with Crippen LogP contribution in [0.1, 0.15) is 31.0 Å². The number of rotatable bonds is 7. The van der Waals surface area contributed by atoms with Crippen LogP contribution in [-0.2, 0) is 19.1 Å². The summed E-state index contributed by atoms with van der Waals surface area (Å²) in [5.74, 6) is 0.00695. The van der Waals surface area contributed by atoms with E-state index in [0.717, 1.165) is 11.1 Å². The summed E-state index contributed by atoms with van der Waals surface area (Å²) in [6, 6.07) is 16.0. The smallest absolute Gasteiger partial charge is 0.338 e. The quantitative estimate of drug-likeness (QED) is 0.420. The molecular weight excluding hydrogens is 518 g/mol. The zero-order chi connectivity index (χ0) is 27.4. The number of ether oxygens (including phenoxy) is 3. The SMILES string of the molecule is CCOC(=O)C1=C(C)N=c2s/c(=C/c3ccc(OCC(=O)N4CCOCC4)cc3)c(=O)n2[C@H]1c1ccccc1. The Morgan fingerprint density at radius 3 is 2.51 bits per heavy atom. The molecule has 39 heavy (non-hydrogen) atoms. The molecule has 0 N–H and O–H groups in total. The van der Waals surface area contributed by atoms with Crippen molar-refractivity contribution in [3.05, 3.63) is 96.7 Å². The van der Waals surface area contributed by atoms with Crippen LogP contribution in [0.2, 0.25) is 0 Å². The molecule has 1 aromatic heterocycles. The number of hydrogen-bond donors (Lipinski definition) is 0. The molecule has 202 valence electrons. The number of allylic oxidation sites excluding steroid dienone is 1. The van der Waals surface area contributed by atoms with Crippen molar-refractivity contribution in [3.63, 3.8) is 0 Å². The zero-order valence-electron chi connectivity index (χ0n) is 21.8. The summed E-state index contributed by atoms with van der Waals surface area (Å²) in [4.78, 5) is 45.8. The van der Waals surface area contributed by atoms with Crippen molar-refractivity contribution >= 4 is 29.3 Å². The van der Waals surface area contributed by atoms with Gasteiger partial charge in [0.15, 0.2) is 11.4 Å². The number of hydrogen-bond acceptors (Lipinski definition) is 8. The van der Waals surface area contributed by atoms with Gasteiger partial charge < -0.3 is 19.1 Å². The first kappa shape index (κ1) is 26.6. The molecule has 1 saturated heterocycles. The summed E-state index contributed by atoms with van der Waals surface area (Å²) < 4.78 is 18.3. The Kier molecular flexibility index (Phi) is 8.04. The summed E-state index contributed by atoms with van der Waals surface area (Å²) >= 11 is 1.27. The lowest BCUT2D eigenvalue weighted by atomic mass is 9.96. The van der Waals surface area contributed by atoms with Crippen molar-refractivity contribution in [1.82, 2.24) is 9.47 Å². The molecule has 2 aromatic carbocycles. The number of benzene rings is 2. The predicted molar refractivity (Wildman–Crippen MR) is 146 cm³/mol. The molecule has 2 aliphatic rings. The van der Waals surface area contributed by atoms with Crippen LogP contribution in [0.5, 0.6) is 5.75 Å². The van der Waals surface area contributed by atoms with Gasteiger partial charge >= 0.3 is 5.97 Å². The van der Waals surface area contributed by atoms with E-state index in [4.69, 9.17) is 14.2 Å². The number of carbonyl (C=O) groups is 2. The molecule has 1 fully saturated rings. The Bertz CT molecular complexity index is 1570. The normalized spacial score (nSPS) is 17.4. The predicted octanol–water partition coefficient (Wildman–Crippen LogP) is 2.04. The van der Waals surface area contributed by atoms with Crippen LogP contribution in [0, 0.1) is 0 Å². The molecule has 2 aliphatic heterocycles. The fourth-order valence-corrected chi connectivity index (χ4v) is 5.65. The van der Waals surface area contributed by atoms with Crippen molar-refractivity contribution in [1.29, 1.82) is 0 Å². The van der Waals surface area contributed by atoms with Crippen LogP contribution < -0.4 is 19.6 Å². The topological polar surface area (TPSA) is 99.4 Å². The Morgan fingerprint density at radius 2 is 1.82 bits per heavy atom. The molecule has 0 aliphatic carbocycles. The number of aromatic nitrogens is 1. The minimum absolute atomic E-state index is 0.0421. The standard InChI is InChI=1S/C29H29N3O6S/c1-3-37-28(35)25-19(2)30-29-32(26(25)21-7-5-4-6-8-21)27(34)23(39-29)17-20-9-11-22(12-10-20)38-18-24(33)31-13-15-36-16-14-31/h4-12,17,26H,3,13-16,18H2,1-2H3/b23-17+/t26-/m0/s1. The van der Waals surface area contributed by atoms with Crippen LogP contribution in [0.3, 0.4) is 0 Å². The third kappa shape index (κ3) is 5.71. The lowest BCUT2D eigenvalue weighted by Gasteiger charge is -2.26. The van der Waals surface area contributed by atoms with E-state index in [1.54, 1.807) is 41.5 Å². The number of fused-ring (bicyclic) bond motifs is 1. The second kappa shape index (κ2) is 11.8. The molecule has 1 atom stereocenters. The molecule has 10 heteroatoms. The number of morpholine rings is 1. The van der Waals surface area contributed by atoms with Gasteiger partial charge in [-0.3, -0.25) is 14.2 Å². The third-order valence-electron chi connectivity index (χ3n) is 6.54. The summed E-state index contributed by atoms with van der Waals surface area (Å²) in [6.45, 7) is 5.93. The fourth-order valence-electron chi connectivity index (χ4n) is 4.60. The highest BCUT2D eigenvalue weighted by Crippen LogP contribution is 2.30. The average molecular weight is 548 g/mol. The van der Waals surface area contributed by atoms with Gasteiger partial charge in [-0.1, -0.05) is 53.8 Å². The lowest BCUT2D eigenvalue weighted by Crippen LogP contribution is -2.42. The summed E-state index contributed by atoms with van der Waals surface area (Å²) in [7, 11) is 0. The van der Waals surface area contributed by atoms with E-state index in [2.05, 4.69) is 4.99 Å². The minimum atomic E-state index is -0.636. The second-order valence-electron chi connectivity index (χ2n) is 9.06. The Hall–Kier alpha value is -4.02.